The average Bonchev–Trinajstić information content (AvgIpc) is 2.66. The minimum absolute atomic E-state index is 0. The van der Waals surface area contributed by atoms with Crippen molar-refractivity contribution in [1.29, 1.82) is 0 Å². The first-order valence-corrected chi connectivity index (χ1v) is 5.50. The molecule has 0 aliphatic heterocycles. The average molecular weight is 352 g/mol. The van der Waals surface area contributed by atoms with E-state index in [1.165, 1.54) is 27.8 Å². The number of rotatable bonds is 2. The number of aryl methyl sites for hydroxylation is 2. The molecule has 0 heterocycles. The second kappa shape index (κ2) is 11.0. The van der Waals surface area contributed by atoms with E-state index < -0.39 is 0 Å². The van der Waals surface area contributed by atoms with Gasteiger partial charge in [0.05, 0.1) is 0 Å². The first kappa shape index (κ1) is 24.3. The van der Waals surface area contributed by atoms with E-state index in [4.69, 9.17) is 0 Å². The van der Waals surface area contributed by atoms with Crippen LogP contribution in [-0.4, -0.2) is 0 Å². The van der Waals surface area contributed by atoms with E-state index in [-0.39, 0.29) is 58.9 Å². The Balaban J connectivity index is -0.000000640. The molecule has 0 fully saturated rings. The van der Waals surface area contributed by atoms with Crippen LogP contribution < -0.4 is 37.2 Å². The Hall–Kier alpha value is 0.284. The molecule has 0 radical (unpaired) electrons. The minimum Gasteiger partial charge on any atom is -1.00 e. The first-order chi connectivity index (χ1) is 7.16. The summed E-state index contributed by atoms with van der Waals surface area (Å²) in [6.45, 7) is 6.57. The van der Waals surface area contributed by atoms with Gasteiger partial charge < -0.3 is 37.2 Å². The van der Waals surface area contributed by atoms with Gasteiger partial charge in [0.1, 0.15) is 0 Å². The van der Waals surface area contributed by atoms with E-state index in [0.29, 0.717) is 0 Å². The fourth-order valence-corrected chi connectivity index (χ4v) is 2.02. The molecule has 0 amide bonds. The molecule has 0 N–H and O–H groups in total. The van der Waals surface area contributed by atoms with Crippen molar-refractivity contribution in [2.75, 3.05) is 0 Å². The maximum absolute atomic E-state index is 3.36. The van der Waals surface area contributed by atoms with E-state index in [0.717, 1.165) is 12.8 Å². The molecule has 1 aliphatic rings. The summed E-state index contributed by atoms with van der Waals surface area (Å²) in [5, 5.41) is 0. The molecule has 1 aromatic rings. The van der Waals surface area contributed by atoms with Gasteiger partial charge >= 0.3 is 21.7 Å². The summed E-state index contributed by atoms with van der Waals surface area (Å²) < 4.78 is 0. The van der Waals surface area contributed by atoms with Gasteiger partial charge in [0.25, 0.3) is 0 Å². The summed E-state index contributed by atoms with van der Waals surface area (Å²) in [4.78, 5) is 0. The van der Waals surface area contributed by atoms with Crippen molar-refractivity contribution in [3.05, 3.63) is 58.2 Å². The van der Waals surface area contributed by atoms with Gasteiger partial charge in [-0.1, -0.05) is 12.1 Å². The summed E-state index contributed by atoms with van der Waals surface area (Å²) in [5.41, 5.74) is 6.95. The maximum Gasteiger partial charge on any atom is 4.00 e. The number of hydrogen-bond acceptors (Lipinski definition) is 0. The monoisotopic (exact) mass is 350 g/mol. The van der Waals surface area contributed by atoms with E-state index in [9.17, 15) is 0 Å². The molecule has 19 heavy (non-hydrogen) atoms. The van der Waals surface area contributed by atoms with E-state index >= 15 is 0 Å². The van der Waals surface area contributed by atoms with Gasteiger partial charge in [0, 0.05) is 0 Å². The van der Waals surface area contributed by atoms with E-state index in [1.54, 1.807) is 0 Å². The van der Waals surface area contributed by atoms with Gasteiger partial charge in [-0.05, 0) is 49.4 Å². The molecular weight excluding hydrogens is 334 g/mol. The molecule has 102 valence electrons. The third-order valence-electron chi connectivity index (χ3n) is 3.15. The van der Waals surface area contributed by atoms with Crippen LogP contribution in [0.15, 0.2) is 29.9 Å². The molecule has 2 rings (SSSR count). The van der Waals surface area contributed by atoms with E-state index in [1.807, 2.05) is 0 Å². The van der Waals surface area contributed by atoms with E-state index in [2.05, 4.69) is 51.1 Å². The van der Waals surface area contributed by atoms with Crippen LogP contribution in [0, 0.1) is 26.8 Å². The maximum atomic E-state index is 3.36. The van der Waals surface area contributed by atoms with Crippen molar-refractivity contribution in [1.82, 2.24) is 0 Å². The zero-order valence-corrected chi connectivity index (χ0v) is 15.2. The van der Waals surface area contributed by atoms with Gasteiger partial charge in [-0.15, -0.1) is 6.42 Å². The number of benzene rings is 1. The predicted molar refractivity (Wildman–Crippen MR) is 64.9 cm³/mol. The quantitative estimate of drug-likeness (QED) is 0.369. The summed E-state index contributed by atoms with van der Waals surface area (Å²) in [6.07, 6.45) is 9.73. The normalized spacial score (nSPS) is 11.4. The topological polar surface area (TPSA) is 0 Å². The Morgan fingerprint density at radius 3 is 1.95 bits per heavy atom. The van der Waals surface area contributed by atoms with Crippen molar-refractivity contribution >= 4 is 0 Å². The third kappa shape index (κ3) is 6.51. The standard InChI is InChI=1S/C15H17.3ClH.Ti/c1-11-8-15(9-12(2)13(11)3)10-14-6-4-5-7-14;;;;/h4,6,8-9H,5,10H2,1-3H3;3*1H;/q-1;;;;+4/p-3. The molecule has 0 aromatic heterocycles. The fourth-order valence-electron chi connectivity index (χ4n) is 2.02. The Labute approximate surface area is 150 Å². The van der Waals surface area contributed by atoms with Crippen LogP contribution in [0.25, 0.3) is 0 Å². The number of hydrogen-bond donors (Lipinski definition) is 0. The van der Waals surface area contributed by atoms with Crippen LogP contribution >= 0.6 is 0 Å². The van der Waals surface area contributed by atoms with Crippen LogP contribution in [0.3, 0.4) is 0 Å². The molecule has 0 bridgehead atoms. The molecular formula is C15H17Cl3Ti. The van der Waals surface area contributed by atoms with Crippen LogP contribution in [-0.2, 0) is 28.1 Å². The number of halogens is 3. The molecule has 1 aromatic carbocycles. The molecule has 0 spiro atoms. The Bertz CT molecular complexity index is 428. The van der Waals surface area contributed by atoms with Crippen molar-refractivity contribution in [2.24, 2.45) is 0 Å². The molecule has 0 saturated carbocycles. The zero-order chi connectivity index (χ0) is 10.8. The molecule has 0 saturated heterocycles. The smallest absolute Gasteiger partial charge is 1.00 e. The van der Waals surface area contributed by atoms with Gasteiger partial charge in [-0.3, -0.25) is 6.08 Å². The van der Waals surface area contributed by atoms with Gasteiger partial charge in [0.15, 0.2) is 0 Å². The Kier molecular flexibility index (Phi) is 14.1. The van der Waals surface area contributed by atoms with Crippen LogP contribution in [0.5, 0.6) is 0 Å². The van der Waals surface area contributed by atoms with Gasteiger partial charge in [0.2, 0.25) is 0 Å². The summed E-state index contributed by atoms with van der Waals surface area (Å²) in [7, 11) is 0. The zero-order valence-electron chi connectivity index (χ0n) is 11.4. The largest absolute Gasteiger partial charge is 4.00 e. The Morgan fingerprint density at radius 2 is 1.53 bits per heavy atom. The molecule has 4 heteroatoms. The first-order valence-electron chi connectivity index (χ1n) is 5.50. The second-order valence-electron chi connectivity index (χ2n) is 4.34. The molecule has 0 unspecified atom stereocenters. The second-order valence-corrected chi connectivity index (χ2v) is 4.34. The summed E-state index contributed by atoms with van der Waals surface area (Å²) in [5.74, 6) is 0. The van der Waals surface area contributed by atoms with Gasteiger partial charge in [-0.25, -0.2) is 11.6 Å². The van der Waals surface area contributed by atoms with Crippen LogP contribution in [0.2, 0.25) is 0 Å². The van der Waals surface area contributed by atoms with Crippen LogP contribution in [0.4, 0.5) is 0 Å². The van der Waals surface area contributed by atoms with Crippen LogP contribution in [0.1, 0.15) is 28.7 Å². The molecule has 1 aliphatic carbocycles. The predicted octanol–water partition coefficient (Wildman–Crippen LogP) is -5.15. The molecule has 0 nitrogen and oxygen atoms in total. The van der Waals surface area contributed by atoms with Crippen molar-refractivity contribution in [3.63, 3.8) is 0 Å². The molecule has 0 atom stereocenters. The summed E-state index contributed by atoms with van der Waals surface area (Å²) >= 11 is 0. The Morgan fingerprint density at radius 1 is 1.00 bits per heavy atom. The van der Waals surface area contributed by atoms with Crippen molar-refractivity contribution in [2.45, 2.75) is 33.6 Å². The number of allylic oxidation sites excluding steroid dienone is 4. The summed E-state index contributed by atoms with van der Waals surface area (Å²) in [6, 6.07) is 4.59. The third-order valence-corrected chi connectivity index (χ3v) is 3.15. The minimum atomic E-state index is 0. The fraction of sp³-hybridized carbons (Fsp3) is 0.333. The SMILES string of the molecule is Cc1cc(CC2=[C-]CC=C2)cc(C)c1C.[Cl-].[Cl-].[Cl-].[Ti+4]. The van der Waals surface area contributed by atoms with Gasteiger partial charge in [-0.2, -0.15) is 6.08 Å². The van der Waals surface area contributed by atoms with Crippen molar-refractivity contribution in [3.8, 4) is 0 Å². The van der Waals surface area contributed by atoms with Crippen molar-refractivity contribution < 1.29 is 58.9 Å².